The monoisotopic (exact) mass is 656 g/mol. The summed E-state index contributed by atoms with van der Waals surface area (Å²) in [6.07, 6.45) is 13.7. The van der Waals surface area contributed by atoms with E-state index in [1.165, 1.54) is 24.3 Å². The first kappa shape index (κ1) is 30.6. The SMILES string of the molecule is C#Cc1c(F)ccc2cc(O)cc(-c3ncc4c(N5CC6CCCC5CN6)nc(OC[C@@]56CCCN5C[C@H](SCC)C6)nc4c3F)c12. The third-order valence-electron chi connectivity index (χ3n) is 10.6. The molecule has 2 unspecified atom stereocenters. The predicted molar refractivity (Wildman–Crippen MR) is 182 cm³/mol. The summed E-state index contributed by atoms with van der Waals surface area (Å²) in [5, 5.41) is 16.1. The number of aromatic nitrogens is 3. The minimum atomic E-state index is -0.700. The lowest BCUT2D eigenvalue weighted by Crippen LogP contribution is -2.54. The molecule has 8 nitrogen and oxygen atoms in total. The third-order valence-corrected chi connectivity index (χ3v) is 11.7. The Morgan fingerprint density at radius 3 is 2.94 bits per heavy atom. The van der Waals surface area contributed by atoms with E-state index in [0.717, 1.165) is 70.5 Å². The first-order valence-electron chi connectivity index (χ1n) is 16.7. The van der Waals surface area contributed by atoms with Gasteiger partial charge in [0.05, 0.1) is 16.5 Å². The molecule has 244 valence electrons. The number of rotatable bonds is 7. The lowest BCUT2D eigenvalue weighted by atomic mass is 9.95. The van der Waals surface area contributed by atoms with E-state index in [1.807, 2.05) is 11.8 Å². The van der Waals surface area contributed by atoms with Crippen LogP contribution in [0.2, 0.25) is 0 Å². The molecular weight excluding hydrogens is 618 g/mol. The summed E-state index contributed by atoms with van der Waals surface area (Å²) in [5.74, 6) is 2.69. The zero-order chi connectivity index (χ0) is 32.3. The van der Waals surface area contributed by atoms with Crippen molar-refractivity contribution in [3.63, 3.8) is 0 Å². The van der Waals surface area contributed by atoms with Crippen molar-refractivity contribution < 1.29 is 18.6 Å². The number of terminal acetylenes is 1. The Morgan fingerprint density at radius 1 is 1.19 bits per heavy atom. The molecule has 47 heavy (non-hydrogen) atoms. The molecule has 5 aliphatic heterocycles. The molecule has 5 aliphatic rings. The molecule has 4 aromatic rings. The topological polar surface area (TPSA) is 86.6 Å². The van der Waals surface area contributed by atoms with Gasteiger partial charge in [-0.25, -0.2) is 8.78 Å². The second-order valence-electron chi connectivity index (χ2n) is 13.4. The number of fused-ring (bicyclic) bond motifs is 7. The smallest absolute Gasteiger partial charge is 0.319 e. The van der Waals surface area contributed by atoms with Crippen molar-refractivity contribution in [1.82, 2.24) is 25.2 Å². The summed E-state index contributed by atoms with van der Waals surface area (Å²) in [5.41, 5.74) is 0.0969. The summed E-state index contributed by atoms with van der Waals surface area (Å²) in [6.45, 7) is 6.32. The number of ether oxygens (including phenoxy) is 1. The number of pyridine rings is 1. The summed E-state index contributed by atoms with van der Waals surface area (Å²) >= 11 is 2.00. The summed E-state index contributed by atoms with van der Waals surface area (Å²) in [7, 11) is 0. The van der Waals surface area contributed by atoms with Crippen molar-refractivity contribution in [3.05, 3.63) is 47.7 Å². The summed E-state index contributed by atoms with van der Waals surface area (Å²) in [6, 6.07) is 6.26. The van der Waals surface area contributed by atoms with Crippen LogP contribution < -0.4 is 15.0 Å². The van der Waals surface area contributed by atoms with Gasteiger partial charge in [-0.3, -0.25) is 9.88 Å². The van der Waals surface area contributed by atoms with Crippen molar-refractivity contribution in [2.75, 3.05) is 43.4 Å². The van der Waals surface area contributed by atoms with Crippen LogP contribution in [0, 0.1) is 24.0 Å². The number of hydrogen-bond acceptors (Lipinski definition) is 9. The number of phenols is 1. The lowest BCUT2D eigenvalue weighted by Gasteiger charge is -2.38. The number of piperazine rings is 1. The number of benzene rings is 2. The molecule has 9 rings (SSSR count). The minimum Gasteiger partial charge on any atom is -0.508 e. The molecule has 0 amide bonds. The number of halogens is 2. The quantitative estimate of drug-likeness (QED) is 0.237. The van der Waals surface area contributed by atoms with Gasteiger partial charge in [0.2, 0.25) is 0 Å². The van der Waals surface area contributed by atoms with E-state index in [9.17, 15) is 9.50 Å². The number of phenolic OH excluding ortho intramolecular Hbond substituents is 1. The van der Waals surface area contributed by atoms with Crippen LogP contribution in [0.4, 0.5) is 14.6 Å². The van der Waals surface area contributed by atoms with Crippen molar-refractivity contribution in [2.45, 2.75) is 68.3 Å². The molecule has 0 spiro atoms. The molecule has 2 bridgehead atoms. The van der Waals surface area contributed by atoms with Gasteiger partial charge in [-0.05, 0) is 74.4 Å². The fourth-order valence-corrected chi connectivity index (χ4v) is 9.62. The van der Waals surface area contributed by atoms with Gasteiger partial charge in [0.15, 0.2) is 5.82 Å². The maximum Gasteiger partial charge on any atom is 0.319 e. The highest BCUT2D eigenvalue weighted by molar-refractivity contribution is 7.99. The van der Waals surface area contributed by atoms with Gasteiger partial charge in [0.1, 0.15) is 35.2 Å². The summed E-state index contributed by atoms with van der Waals surface area (Å²) in [4.78, 5) is 19.1. The number of thioether (sulfide) groups is 1. The fraction of sp³-hybridized carbons (Fsp3) is 0.472. The Morgan fingerprint density at radius 2 is 2.09 bits per heavy atom. The average Bonchev–Trinajstić information content (AvgIpc) is 3.42. The second kappa shape index (κ2) is 12.1. The number of nitrogens with zero attached hydrogens (tertiary/aromatic N) is 5. The van der Waals surface area contributed by atoms with Crippen LogP contribution in [0.15, 0.2) is 30.5 Å². The molecule has 7 heterocycles. The molecular formula is C36H38F2N6O2S. The first-order chi connectivity index (χ1) is 22.9. The molecule has 5 fully saturated rings. The van der Waals surface area contributed by atoms with Gasteiger partial charge < -0.3 is 20.1 Å². The van der Waals surface area contributed by atoms with Gasteiger partial charge in [-0.1, -0.05) is 18.9 Å². The Bertz CT molecular complexity index is 1910. The van der Waals surface area contributed by atoms with Crippen molar-refractivity contribution in [3.8, 4) is 35.4 Å². The molecule has 2 aromatic carbocycles. The molecule has 5 saturated heterocycles. The standard InChI is InChI=1S/C36H38F2N6O2S/c1-3-26-29(37)10-9-21-13-24(45)14-27(30(21)26)32-31(38)33-28(17-40-32)34(44-18-22-7-5-8-23(44)16-39-22)42-35(41-33)46-20-36-11-6-12-43(36)19-25(15-36)47-4-2/h1,9-10,13-14,17,22-23,25,39,45H,4-8,11-12,15-16,18-20H2,2H3/t22?,23?,25-,36+/m1/s1. The Labute approximate surface area is 277 Å². The Hall–Kier alpha value is -3.72. The van der Waals surface area contributed by atoms with Gasteiger partial charge >= 0.3 is 6.01 Å². The van der Waals surface area contributed by atoms with E-state index in [1.54, 1.807) is 6.20 Å². The van der Waals surface area contributed by atoms with E-state index in [2.05, 4.69) is 32.9 Å². The zero-order valence-corrected chi connectivity index (χ0v) is 27.3. The third kappa shape index (κ3) is 5.25. The summed E-state index contributed by atoms with van der Waals surface area (Å²) < 4.78 is 38.3. The number of nitrogens with one attached hydrogen (secondary N) is 1. The van der Waals surface area contributed by atoms with Crippen molar-refractivity contribution in [1.29, 1.82) is 0 Å². The van der Waals surface area contributed by atoms with Crippen LogP contribution in [-0.4, -0.2) is 86.4 Å². The van der Waals surface area contributed by atoms with E-state index in [-0.39, 0.29) is 45.7 Å². The molecule has 4 atom stereocenters. The zero-order valence-electron chi connectivity index (χ0n) is 26.4. The minimum absolute atomic E-state index is 0.0178. The highest BCUT2D eigenvalue weighted by Gasteiger charge is 2.49. The van der Waals surface area contributed by atoms with Crippen molar-refractivity contribution >= 4 is 39.3 Å². The molecule has 0 saturated carbocycles. The Kier molecular flexibility index (Phi) is 7.86. The highest BCUT2D eigenvalue weighted by Crippen LogP contribution is 2.44. The molecule has 0 radical (unpaired) electrons. The van der Waals surface area contributed by atoms with Crippen LogP contribution in [0.5, 0.6) is 11.8 Å². The van der Waals surface area contributed by atoms with Crippen molar-refractivity contribution in [2.24, 2.45) is 0 Å². The maximum absolute atomic E-state index is 17.0. The van der Waals surface area contributed by atoms with E-state index in [4.69, 9.17) is 21.1 Å². The maximum atomic E-state index is 17.0. The van der Waals surface area contributed by atoms with E-state index >= 15 is 4.39 Å². The number of anilines is 1. The molecule has 11 heteroatoms. The van der Waals surface area contributed by atoms with Gasteiger partial charge in [0.25, 0.3) is 0 Å². The number of hydrogen-bond donors (Lipinski definition) is 2. The van der Waals surface area contributed by atoms with E-state index in [0.29, 0.717) is 39.9 Å². The average molecular weight is 657 g/mol. The fourth-order valence-electron chi connectivity index (χ4n) is 8.43. The lowest BCUT2D eigenvalue weighted by molar-refractivity contribution is 0.108. The van der Waals surface area contributed by atoms with Crippen LogP contribution >= 0.6 is 11.8 Å². The van der Waals surface area contributed by atoms with Gasteiger partial charge in [0, 0.05) is 54.1 Å². The number of aromatic hydroxyl groups is 1. The van der Waals surface area contributed by atoms with Crippen LogP contribution in [0.3, 0.4) is 0 Å². The first-order valence-corrected chi connectivity index (χ1v) is 17.7. The molecule has 2 aromatic heterocycles. The second-order valence-corrected chi connectivity index (χ2v) is 14.9. The highest BCUT2D eigenvalue weighted by atomic mass is 32.2. The van der Waals surface area contributed by atoms with Crippen LogP contribution in [-0.2, 0) is 0 Å². The van der Waals surface area contributed by atoms with Crippen LogP contribution in [0.25, 0.3) is 32.9 Å². The van der Waals surface area contributed by atoms with Gasteiger partial charge in [-0.2, -0.15) is 21.7 Å². The Balaban J connectivity index is 1.26. The predicted octanol–water partition coefficient (Wildman–Crippen LogP) is 5.88. The van der Waals surface area contributed by atoms with Crippen LogP contribution in [0.1, 0.15) is 51.0 Å². The largest absolute Gasteiger partial charge is 0.508 e. The molecule has 2 N–H and O–H groups in total. The normalized spacial score (nSPS) is 25.7. The molecule has 0 aliphatic carbocycles. The van der Waals surface area contributed by atoms with E-state index < -0.39 is 11.6 Å². The van der Waals surface area contributed by atoms with Gasteiger partial charge in [-0.15, -0.1) is 6.42 Å².